The van der Waals surface area contributed by atoms with Crippen molar-refractivity contribution in [2.24, 2.45) is 10.9 Å². The smallest absolute Gasteiger partial charge is 0.191 e. The van der Waals surface area contributed by atoms with E-state index in [4.69, 9.17) is 9.73 Å². The molecule has 1 fully saturated rings. The van der Waals surface area contributed by atoms with Crippen LogP contribution in [0.1, 0.15) is 46.9 Å². The van der Waals surface area contributed by atoms with Gasteiger partial charge < -0.3 is 15.4 Å². The van der Waals surface area contributed by atoms with Gasteiger partial charge in [-0.3, -0.25) is 4.90 Å². The average Bonchev–Trinajstić information content (AvgIpc) is 3.07. The number of rotatable bonds is 7. The summed E-state index contributed by atoms with van der Waals surface area (Å²) in [4.78, 5) is 13.0. The van der Waals surface area contributed by atoms with E-state index in [9.17, 15) is 0 Å². The Balaban J connectivity index is 0.00000341. The summed E-state index contributed by atoms with van der Waals surface area (Å²) in [6, 6.07) is 8.92. The molecule has 1 aromatic carbocycles. The first-order valence-corrected chi connectivity index (χ1v) is 11.6. The zero-order valence-electron chi connectivity index (χ0n) is 19.3. The van der Waals surface area contributed by atoms with Crippen LogP contribution < -0.4 is 15.4 Å². The fourth-order valence-electron chi connectivity index (χ4n) is 4.24. The number of thiazole rings is 1. The lowest BCUT2D eigenvalue weighted by molar-refractivity contribution is 0.122. The molecule has 0 amide bonds. The fraction of sp³-hybridized carbons (Fsp3) is 0.565. The van der Waals surface area contributed by atoms with Crippen LogP contribution in [0.4, 0.5) is 0 Å². The maximum atomic E-state index is 5.34. The first-order chi connectivity index (χ1) is 14.5. The highest BCUT2D eigenvalue weighted by atomic mass is 127. The van der Waals surface area contributed by atoms with Gasteiger partial charge in [0.2, 0.25) is 0 Å². The molecule has 0 radical (unpaired) electrons. The van der Waals surface area contributed by atoms with Gasteiger partial charge in [0.1, 0.15) is 5.75 Å². The summed E-state index contributed by atoms with van der Waals surface area (Å²) in [7, 11) is 3.94. The Hall–Kier alpha value is -1.39. The quantitative estimate of drug-likeness (QED) is 0.298. The van der Waals surface area contributed by atoms with Crippen LogP contribution in [0.5, 0.6) is 5.75 Å². The molecule has 1 aliphatic heterocycles. The molecule has 2 atom stereocenters. The zero-order chi connectivity index (χ0) is 21.5. The van der Waals surface area contributed by atoms with Gasteiger partial charge >= 0.3 is 0 Å². The van der Waals surface area contributed by atoms with Gasteiger partial charge in [-0.1, -0.05) is 12.1 Å². The molecule has 1 aliphatic rings. The number of aromatic nitrogens is 1. The molecule has 172 valence electrons. The number of nitrogens with zero attached hydrogens (tertiary/aromatic N) is 3. The number of benzene rings is 1. The van der Waals surface area contributed by atoms with E-state index in [-0.39, 0.29) is 24.0 Å². The van der Waals surface area contributed by atoms with Crippen molar-refractivity contribution in [1.82, 2.24) is 20.5 Å². The average molecular weight is 558 g/mol. The second kappa shape index (κ2) is 12.6. The van der Waals surface area contributed by atoms with E-state index in [1.54, 1.807) is 18.4 Å². The molecular formula is C23H36IN5OS. The molecule has 1 aromatic heterocycles. The van der Waals surface area contributed by atoms with Crippen LogP contribution in [-0.2, 0) is 6.54 Å². The van der Waals surface area contributed by atoms with Gasteiger partial charge in [0.05, 0.1) is 24.4 Å². The minimum Gasteiger partial charge on any atom is -0.497 e. The molecule has 0 aliphatic carbocycles. The molecule has 31 heavy (non-hydrogen) atoms. The lowest BCUT2D eigenvalue weighted by Gasteiger charge is -2.40. The summed E-state index contributed by atoms with van der Waals surface area (Å²) in [6.45, 7) is 9.75. The Morgan fingerprint density at radius 3 is 2.61 bits per heavy atom. The number of ether oxygens (including phenoxy) is 1. The molecule has 3 rings (SSSR count). The van der Waals surface area contributed by atoms with Gasteiger partial charge in [-0.2, -0.15) is 0 Å². The second-order valence-electron chi connectivity index (χ2n) is 7.92. The van der Waals surface area contributed by atoms with E-state index < -0.39 is 0 Å². The monoisotopic (exact) mass is 557 g/mol. The predicted octanol–water partition coefficient (Wildman–Crippen LogP) is 4.52. The number of halogens is 1. The predicted molar refractivity (Wildman–Crippen MR) is 141 cm³/mol. The Bertz CT molecular complexity index is 839. The lowest BCUT2D eigenvalue weighted by Crippen LogP contribution is -2.45. The van der Waals surface area contributed by atoms with Crippen LogP contribution in [-0.4, -0.2) is 49.6 Å². The summed E-state index contributed by atoms with van der Waals surface area (Å²) in [5.74, 6) is 2.31. The van der Waals surface area contributed by atoms with Gasteiger partial charge in [-0.05, 0) is 70.8 Å². The molecule has 2 aromatic rings. The Morgan fingerprint density at radius 2 is 2.00 bits per heavy atom. The van der Waals surface area contributed by atoms with E-state index in [1.807, 2.05) is 6.92 Å². The number of hydrogen-bond acceptors (Lipinski definition) is 5. The standard InChI is InChI=1S/C23H35N5OS.HI/c1-6-24-23(26-15-21-16(2)27-17(3)30-21)25-14-19-8-7-13-28(4)22(19)18-9-11-20(29-5)12-10-18;/h9-12,19,22H,6-8,13-15H2,1-5H3,(H2,24,25,26);1H. The summed E-state index contributed by atoms with van der Waals surface area (Å²) < 4.78 is 5.34. The minimum atomic E-state index is 0. The molecule has 2 heterocycles. The summed E-state index contributed by atoms with van der Waals surface area (Å²) in [6.07, 6.45) is 2.43. The number of nitrogens with one attached hydrogen (secondary N) is 2. The van der Waals surface area contributed by atoms with Crippen LogP contribution in [0.3, 0.4) is 0 Å². The number of hydrogen-bond donors (Lipinski definition) is 2. The maximum Gasteiger partial charge on any atom is 0.191 e. The molecule has 0 bridgehead atoms. The van der Waals surface area contributed by atoms with Crippen molar-refractivity contribution < 1.29 is 4.74 Å². The largest absolute Gasteiger partial charge is 0.497 e. The molecular weight excluding hydrogens is 521 g/mol. The Kier molecular flexibility index (Phi) is 10.5. The number of aryl methyl sites for hydroxylation is 2. The molecule has 0 spiro atoms. The normalized spacial score (nSPS) is 19.6. The van der Waals surface area contributed by atoms with Crippen LogP contribution in [0.15, 0.2) is 29.3 Å². The third kappa shape index (κ3) is 7.05. The molecule has 1 saturated heterocycles. The van der Waals surface area contributed by atoms with E-state index in [1.165, 1.54) is 23.3 Å². The third-order valence-electron chi connectivity index (χ3n) is 5.72. The number of piperidine rings is 1. The minimum absolute atomic E-state index is 0. The summed E-state index contributed by atoms with van der Waals surface area (Å²) in [5.41, 5.74) is 2.44. The van der Waals surface area contributed by atoms with Gasteiger partial charge in [-0.15, -0.1) is 35.3 Å². The van der Waals surface area contributed by atoms with Gasteiger partial charge in [-0.25, -0.2) is 9.98 Å². The molecule has 6 nitrogen and oxygen atoms in total. The summed E-state index contributed by atoms with van der Waals surface area (Å²) >= 11 is 1.73. The van der Waals surface area contributed by atoms with E-state index >= 15 is 0 Å². The highest BCUT2D eigenvalue weighted by molar-refractivity contribution is 14.0. The third-order valence-corrected chi connectivity index (χ3v) is 6.78. The van der Waals surface area contributed by atoms with Crippen molar-refractivity contribution in [1.29, 1.82) is 0 Å². The van der Waals surface area contributed by atoms with Crippen molar-refractivity contribution in [3.8, 4) is 5.75 Å². The number of likely N-dealkylation sites (tertiary alicyclic amines) is 1. The van der Waals surface area contributed by atoms with Gasteiger partial charge in [0, 0.05) is 24.0 Å². The van der Waals surface area contributed by atoms with Crippen molar-refractivity contribution in [3.63, 3.8) is 0 Å². The summed E-state index contributed by atoms with van der Waals surface area (Å²) in [5, 5.41) is 8.09. The first kappa shape index (κ1) is 25.9. The van der Waals surface area contributed by atoms with Crippen LogP contribution >= 0.6 is 35.3 Å². The number of methoxy groups -OCH3 is 1. The van der Waals surface area contributed by atoms with E-state index in [0.717, 1.165) is 42.0 Å². The zero-order valence-corrected chi connectivity index (χ0v) is 22.4. The topological polar surface area (TPSA) is 61.8 Å². The van der Waals surface area contributed by atoms with Crippen molar-refractivity contribution in [2.75, 3.05) is 33.8 Å². The van der Waals surface area contributed by atoms with Crippen molar-refractivity contribution in [2.45, 2.75) is 46.2 Å². The Morgan fingerprint density at radius 1 is 1.26 bits per heavy atom. The Labute approximate surface area is 207 Å². The number of aliphatic imine (C=N–C) groups is 1. The van der Waals surface area contributed by atoms with Crippen molar-refractivity contribution >= 4 is 41.3 Å². The molecule has 8 heteroatoms. The SMILES string of the molecule is CCNC(=NCc1sc(C)nc1C)NCC1CCCN(C)C1c1ccc(OC)cc1.I. The molecule has 2 N–H and O–H groups in total. The van der Waals surface area contributed by atoms with E-state index in [2.05, 4.69) is 65.7 Å². The number of guanidine groups is 1. The highest BCUT2D eigenvalue weighted by Crippen LogP contribution is 2.35. The fourth-order valence-corrected chi connectivity index (χ4v) is 5.10. The molecule has 0 saturated carbocycles. The van der Waals surface area contributed by atoms with Gasteiger partial charge in [0.15, 0.2) is 5.96 Å². The van der Waals surface area contributed by atoms with Gasteiger partial charge in [0.25, 0.3) is 0 Å². The lowest BCUT2D eigenvalue weighted by atomic mass is 9.85. The maximum absolute atomic E-state index is 5.34. The van der Waals surface area contributed by atoms with Crippen LogP contribution in [0.2, 0.25) is 0 Å². The van der Waals surface area contributed by atoms with Crippen LogP contribution in [0, 0.1) is 19.8 Å². The highest BCUT2D eigenvalue weighted by Gasteiger charge is 2.30. The van der Waals surface area contributed by atoms with Crippen molar-refractivity contribution in [3.05, 3.63) is 45.4 Å². The van der Waals surface area contributed by atoms with Crippen LogP contribution in [0.25, 0.3) is 0 Å². The second-order valence-corrected chi connectivity index (χ2v) is 9.21. The van der Waals surface area contributed by atoms with E-state index in [0.29, 0.717) is 18.5 Å². The molecule has 2 unspecified atom stereocenters. The first-order valence-electron chi connectivity index (χ1n) is 10.8.